The molecule has 0 spiro atoms. The number of amides is 1. The highest BCUT2D eigenvalue weighted by molar-refractivity contribution is 7.89. The molecule has 2 heterocycles. The van der Waals surface area contributed by atoms with Crippen LogP contribution in [-0.2, 0) is 10.0 Å². The van der Waals surface area contributed by atoms with Crippen molar-refractivity contribution in [3.8, 4) is 0 Å². The van der Waals surface area contributed by atoms with E-state index in [4.69, 9.17) is 5.73 Å². The van der Waals surface area contributed by atoms with Gasteiger partial charge in [-0.05, 0) is 50.3 Å². The Morgan fingerprint density at radius 2 is 1.85 bits per heavy atom. The molecule has 1 aromatic carbocycles. The first-order valence-electron chi connectivity index (χ1n) is 9.07. The number of halogens is 1. The first kappa shape index (κ1) is 21.2. The largest absolute Gasteiger partial charge is 0.334 e. The van der Waals surface area contributed by atoms with Crippen LogP contribution in [0.5, 0.6) is 0 Å². The second-order valence-electron chi connectivity index (χ2n) is 6.97. The topological polar surface area (TPSA) is 83.7 Å². The first-order chi connectivity index (χ1) is 11.9. The highest BCUT2D eigenvalue weighted by Gasteiger charge is 2.31. The molecular weight excluding hydrogens is 374 g/mol. The molecule has 8 heteroatoms. The van der Waals surface area contributed by atoms with Crippen molar-refractivity contribution in [1.82, 2.24) is 9.21 Å². The Hall–Kier alpha value is -1.15. The number of benzene rings is 1. The Labute approximate surface area is 162 Å². The number of hydrogen-bond acceptors (Lipinski definition) is 4. The second kappa shape index (κ2) is 8.69. The average Bonchev–Trinajstić information content (AvgIpc) is 3.11. The van der Waals surface area contributed by atoms with Gasteiger partial charge in [0.25, 0.3) is 5.91 Å². The van der Waals surface area contributed by atoms with Gasteiger partial charge in [0.05, 0.1) is 4.90 Å². The van der Waals surface area contributed by atoms with Gasteiger partial charge in [0.15, 0.2) is 0 Å². The van der Waals surface area contributed by atoms with E-state index in [0.29, 0.717) is 31.7 Å². The van der Waals surface area contributed by atoms with Crippen LogP contribution in [0.3, 0.4) is 0 Å². The molecule has 1 amide bonds. The minimum absolute atomic E-state index is 0. The lowest BCUT2D eigenvalue weighted by molar-refractivity contribution is 0.0740. The number of carbonyl (C=O) groups excluding carboxylic acids is 1. The highest BCUT2D eigenvalue weighted by atomic mass is 35.5. The molecule has 0 radical (unpaired) electrons. The van der Waals surface area contributed by atoms with E-state index in [9.17, 15) is 13.2 Å². The highest BCUT2D eigenvalue weighted by Crippen LogP contribution is 2.25. The first-order valence-corrected chi connectivity index (χ1v) is 10.5. The van der Waals surface area contributed by atoms with Gasteiger partial charge in [-0.2, -0.15) is 4.31 Å². The van der Waals surface area contributed by atoms with E-state index in [1.54, 1.807) is 23.1 Å². The fourth-order valence-corrected chi connectivity index (χ4v) is 5.29. The van der Waals surface area contributed by atoms with E-state index in [-0.39, 0.29) is 29.3 Å². The van der Waals surface area contributed by atoms with Crippen LogP contribution in [0.25, 0.3) is 0 Å². The summed E-state index contributed by atoms with van der Waals surface area (Å²) in [4.78, 5) is 15.0. The summed E-state index contributed by atoms with van der Waals surface area (Å²) in [7, 11) is -3.54. The summed E-state index contributed by atoms with van der Waals surface area (Å²) >= 11 is 0. The van der Waals surface area contributed by atoms with Gasteiger partial charge in [0.2, 0.25) is 10.0 Å². The fourth-order valence-electron chi connectivity index (χ4n) is 3.75. The van der Waals surface area contributed by atoms with E-state index in [1.807, 2.05) is 6.92 Å². The van der Waals surface area contributed by atoms with Gasteiger partial charge in [-0.1, -0.05) is 12.5 Å². The van der Waals surface area contributed by atoms with Gasteiger partial charge in [-0.25, -0.2) is 8.42 Å². The summed E-state index contributed by atoms with van der Waals surface area (Å²) in [5.74, 6) is -0.110. The van der Waals surface area contributed by atoms with Crippen molar-refractivity contribution in [2.75, 3.05) is 26.2 Å². The van der Waals surface area contributed by atoms with Crippen LogP contribution in [0.1, 0.15) is 48.0 Å². The van der Waals surface area contributed by atoms with Crippen LogP contribution in [0.2, 0.25) is 0 Å². The molecule has 146 valence electrons. The van der Waals surface area contributed by atoms with Gasteiger partial charge in [-0.3, -0.25) is 4.79 Å². The predicted molar refractivity (Wildman–Crippen MR) is 104 cm³/mol. The number of sulfonamides is 1. The Morgan fingerprint density at radius 1 is 1.15 bits per heavy atom. The molecule has 2 saturated heterocycles. The van der Waals surface area contributed by atoms with E-state index in [1.165, 1.54) is 4.31 Å². The minimum atomic E-state index is -3.54. The molecule has 1 unspecified atom stereocenters. The third-order valence-electron chi connectivity index (χ3n) is 5.30. The van der Waals surface area contributed by atoms with Crippen LogP contribution in [-0.4, -0.2) is 55.8 Å². The molecule has 2 fully saturated rings. The fraction of sp³-hybridized carbons (Fsp3) is 0.611. The molecule has 0 saturated carbocycles. The lowest BCUT2D eigenvalue weighted by atomic mass is 10.1. The molecule has 0 aromatic heterocycles. The number of likely N-dealkylation sites (tertiary alicyclic amines) is 1. The molecular formula is C18H28ClN3O3S. The van der Waals surface area contributed by atoms with Crippen LogP contribution in [0.4, 0.5) is 0 Å². The van der Waals surface area contributed by atoms with Crippen molar-refractivity contribution in [2.45, 2.75) is 50.0 Å². The van der Waals surface area contributed by atoms with Crippen molar-refractivity contribution in [3.63, 3.8) is 0 Å². The maximum absolute atomic E-state index is 13.0. The molecule has 1 aromatic rings. The molecule has 2 N–H and O–H groups in total. The standard InChI is InChI=1S/C18H27N3O3S.ClH/c1-14-7-8-16(25(23,24)20-9-3-2-4-10-20)12-17(14)18(22)21-11-5-6-15(21)13-19;/h7-8,12,15H,2-6,9-11,13,19H2,1H3;1H. The third-order valence-corrected chi connectivity index (χ3v) is 7.20. The van der Waals surface area contributed by atoms with Crippen LogP contribution < -0.4 is 5.73 Å². The molecule has 26 heavy (non-hydrogen) atoms. The smallest absolute Gasteiger partial charge is 0.254 e. The van der Waals surface area contributed by atoms with Crippen molar-refractivity contribution >= 4 is 28.3 Å². The minimum Gasteiger partial charge on any atom is -0.334 e. The molecule has 0 aliphatic carbocycles. The summed E-state index contributed by atoms with van der Waals surface area (Å²) in [6.07, 6.45) is 4.70. The quantitative estimate of drug-likeness (QED) is 0.837. The molecule has 1 atom stereocenters. The number of hydrogen-bond donors (Lipinski definition) is 1. The Kier molecular flexibility index (Phi) is 7.07. The molecule has 0 bridgehead atoms. The van der Waals surface area contributed by atoms with Crippen LogP contribution in [0, 0.1) is 6.92 Å². The Balaban J connectivity index is 0.00000243. The molecule has 2 aliphatic rings. The summed E-state index contributed by atoms with van der Waals surface area (Å²) in [6, 6.07) is 4.94. The average molecular weight is 402 g/mol. The van der Waals surface area contributed by atoms with Crippen molar-refractivity contribution in [1.29, 1.82) is 0 Å². The Morgan fingerprint density at radius 3 is 2.50 bits per heavy atom. The number of carbonyl (C=O) groups is 1. The van der Waals surface area contributed by atoms with Crippen LogP contribution >= 0.6 is 12.4 Å². The number of aryl methyl sites for hydroxylation is 1. The zero-order chi connectivity index (χ0) is 18.0. The third kappa shape index (κ3) is 4.06. The van der Waals surface area contributed by atoms with Crippen molar-refractivity contribution < 1.29 is 13.2 Å². The van der Waals surface area contributed by atoms with E-state index in [2.05, 4.69) is 0 Å². The Bertz CT molecular complexity index is 748. The van der Waals surface area contributed by atoms with E-state index >= 15 is 0 Å². The van der Waals surface area contributed by atoms with Gasteiger partial charge < -0.3 is 10.6 Å². The zero-order valence-corrected chi connectivity index (χ0v) is 16.8. The maximum atomic E-state index is 13.0. The monoisotopic (exact) mass is 401 g/mol. The van der Waals surface area contributed by atoms with Crippen molar-refractivity contribution in [2.24, 2.45) is 5.73 Å². The van der Waals surface area contributed by atoms with Gasteiger partial charge in [0, 0.05) is 37.8 Å². The normalized spacial score (nSPS) is 21.5. The van der Waals surface area contributed by atoms with Crippen molar-refractivity contribution in [3.05, 3.63) is 29.3 Å². The summed E-state index contributed by atoms with van der Waals surface area (Å²) in [5, 5.41) is 0. The lowest BCUT2D eigenvalue weighted by Crippen LogP contribution is -2.40. The summed E-state index contributed by atoms with van der Waals surface area (Å²) in [5.41, 5.74) is 7.05. The second-order valence-corrected chi connectivity index (χ2v) is 8.91. The van der Waals surface area contributed by atoms with Gasteiger partial charge in [0.1, 0.15) is 0 Å². The number of rotatable bonds is 4. The molecule has 3 rings (SSSR count). The number of piperidine rings is 1. The van der Waals surface area contributed by atoms with E-state index in [0.717, 1.165) is 37.7 Å². The van der Waals surface area contributed by atoms with E-state index < -0.39 is 10.0 Å². The maximum Gasteiger partial charge on any atom is 0.254 e. The lowest BCUT2D eigenvalue weighted by Gasteiger charge is -2.27. The predicted octanol–water partition coefficient (Wildman–Crippen LogP) is 2.15. The molecule has 6 nitrogen and oxygen atoms in total. The summed E-state index contributed by atoms with van der Waals surface area (Å²) < 4.78 is 27.3. The zero-order valence-electron chi connectivity index (χ0n) is 15.2. The number of nitrogens with two attached hydrogens (primary N) is 1. The molecule has 2 aliphatic heterocycles. The number of nitrogens with zero attached hydrogens (tertiary/aromatic N) is 2. The van der Waals surface area contributed by atoms with Crippen LogP contribution in [0.15, 0.2) is 23.1 Å². The SMILES string of the molecule is Cc1ccc(S(=O)(=O)N2CCCCC2)cc1C(=O)N1CCCC1CN.Cl. The van der Waals surface area contributed by atoms with Gasteiger partial charge in [-0.15, -0.1) is 12.4 Å². The summed E-state index contributed by atoms with van der Waals surface area (Å²) in [6.45, 7) is 4.08. The van der Waals surface area contributed by atoms with Gasteiger partial charge >= 0.3 is 0 Å².